The molecule has 4 aromatic rings. The number of carbonyl (C=O) groups excluding carboxylic acids is 6. The SMILES string of the molecule is CCc1ccncc1-c1c2c3cc(ccc3n1CC)-c1cc(O)cc(c1)C[C@H](NC(=O)[C@H](C(C)C)N(C)C(=O)CN(C)C(=O)[C@@H]1N[C@@H]1C(C)=O)C(=O)N1CCC[C@H](N1)C(=O)OCC(C)(C)C2. The number of phenols is 1. The number of hydrogen-bond acceptors (Lipinski definition) is 11. The zero-order valence-corrected chi connectivity index (χ0v) is 39.6. The number of rotatable bonds is 11. The van der Waals surface area contributed by atoms with E-state index >= 15 is 0 Å². The number of esters is 1. The largest absolute Gasteiger partial charge is 0.508 e. The molecule has 0 radical (unpaired) electrons. The van der Waals surface area contributed by atoms with Crippen molar-refractivity contribution in [3.05, 3.63) is 71.5 Å². The van der Waals surface area contributed by atoms with Gasteiger partial charge in [-0.15, -0.1) is 0 Å². The lowest BCUT2D eigenvalue weighted by Gasteiger charge is -2.37. The molecular weight excluding hydrogens is 841 g/mol. The van der Waals surface area contributed by atoms with E-state index in [1.54, 1.807) is 26.0 Å². The van der Waals surface area contributed by atoms with Gasteiger partial charge in [0.2, 0.25) is 17.7 Å². The van der Waals surface area contributed by atoms with Gasteiger partial charge in [-0.2, -0.15) is 0 Å². The number of carbonyl (C=O) groups is 6. The van der Waals surface area contributed by atoms with Crippen LogP contribution in [0.2, 0.25) is 0 Å². The quantitative estimate of drug-likeness (QED) is 0.124. The molecule has 5 heterocycles. The number of hydrogen-bond donors (Lipinski definition) is 4. The molecule has 352 valence electrons. The smallest absolute Gasteiger partial charge is 0.324 e. The van der Waals surface area contributed by atoms with E-state index in [1.807, 2.05) is 24.5 Å². The number of cyclic esters (lactones) is 1. The topological polar surface area (TPSA) is 205 Å². The van der Waals surface area contributed by atoms with Crippen LogP contribution in [0.4, 0.5) is 0 Å². The summed E-state index contributed by atoms with van der Waals surface area (Å²) in [6, 6.07) is 9.10. The average Bonchev–Trinajstić information content (AvgIpc) is 4.04. The van der Waals surface area contributed by atoms with Gasteiger partial charge in [0.1, 0.15) is 35.7 Å². The Morgan fingerprint density at radius 2 is 1.79 bits per heavy atom. The third kappa shape index (κ3) is 9.99. The summed E-state index contributed by atoms with van der Waals surface area (Å²) < 4.78 is 8.39. The van der Waals surface area contributed by atoms with Gasteiger partial charge in [0, 0.05) is 67.9 Å². The first kappa shape index (κ1) is 47.8. The second-order valence-electron chi connectivity index (χ2n) is 19.2. The van der Waals surface area contributed by atoms with Gasteiger partial charge in [-0.3, -0.25) is 44.1 Å². The molecule has 3 aliphatic heterocycles. The van der Waals surface area contributed by atoms with Crippen molar-refractivity contribution >= 4 is 46.3 Å². The maximum atomic E-state index is 14.7. The highest BCUT2D eigenvalue weighted by atomic mass is 16.5. The molecule has 2 fully saturated rings. The maximum absolute atomic E-state index is 14.7. The van der Waals surface area contributed by atoms with Crippen molar-refractivity contribution in [2.24, 2.45) is 11.3 Å². The fourth-order valence-corrected chi connectivity index (χ4v) is 9.63. The zero-order chi connectivity index (χ0) is 47.8. The van der Waals surface area contributed by atoms with Crippen molar-refractivity contribution in [1.29, 1.82) is 0 Å². The van der Waals surface area contributed by atoms with Gasteiger partial charge < -0.3 is 29.5 Å². The minimum Gasteiger partial charge on any atom is -0.508 e. The molecule has 6 bridgehead atoms. The van der Waals surface area contributed by atoms with E-state index in [9.17, 15) is 33.9 Å². The second kappa shape index (κ2) is 19.4. The lowest BCUT2D eigenvalue weighted by Crippen LogP contribution is -2.62. The van der Waals surface area contributed by atoms with Gasteiger partial charge in [0.25, 0.3) is 5.91 Å². The Bertz CT molecular complexity index is 2550. The highest BCUT2D eigenvalue weighted by Gasteiger charge is 2.47. The van der Waals surface area contributed by atoms with Crippen LogP contribution in [-0.2, 0) is 59.3 Å². The monoisotopic (exact) mass is 904 g/mol. The number of nitrogens with one attached hydrogen (secondary N) is 3. The lowest BCUT2D eigenvalue weighted by molar-refractivity contribution is -0.155. The van der Waals surface area contributed by atoms with Crippen LogP contribution < -0.4 is 16.1 Å². The fraction of sp³-hybridized carbons (Fsp3) is 0.500. The molecule has 0 saturated carbocycles. The number of Topliss-reactive ketones (excluding diaryl/α,β-unsaturated/α-hetero) is 1. The Labute approximate surface area is 386 Å². The summed E-state index contributed by atoms with van der Waals surface area (Å²) in [5, 5.41) is 19.4. The molecule has 2 aromatic carbocycles. The molecule has 0 spiro atoms. The summed E-state index contributed by atoms with van der Waals surface area (Å²) in [6.45, 7) is 14.1. The minimum atomic E-state index is -1.20. The normalized spacial score (nSPS) is 21.2. The Kier molecular flexibility index (Phi) is 14.0. The summed E-state index contributed by atoms with van der Waals surface area (Å²) in [7, 11) is 2.95. The Morgan fingerprint density at radius 1 is 1.03 bits per heavy atom. The molecule has 16 heteroatoms. The first-order valence-electron chi connectivity index (χ1n) is 23.1. The summed E-state index contributed by atoms with van der Waals surface area (Å²) in [5.41, 5.74) is 10.1. The average molecular weight is 905 g/mol. The predicted molar refractivity (Wildman–Crippen MR) is 250 cm³/mol. The van der Waals surface area contributed by atoms with Crippen LogP contribution in [0, 0.1) is 11.3 Å². The number of phenolic OH excluding ortho intramolecular Hbond substituents is 1. The molecule has 2 aromatic heterocycles. The molecule has 7 rings (SSSR count). The van der Waals surface area contributed by atoms with Crippen molar-refractivity contribution in [1.82, 2.24) is 40.4 Å². The number of fused-ring (bicyclic) bond motifs is 6. The summed E-state index contributed by atoms with van der Waals surface area (Å²) in [6.07, 6.45) is 6.01. The molecule has 3 aliphatic rings. The van der Waals surface area contributed by atoms with Crippen LogP contribution in [0.5, 0.6) is 5.75 Å². The van der Waals surface area contributed by atoms with Gasteiger partial charge in [-0.05, 0) is 104 Å². The summed E-state index contributed by atoms with van der Waals surface area (Å²) in [5.74, 6) is -3.12. The summed E-state index contributed by atoms with van der Waals surface area (Å²) >= 11 is 0. The highest BCUT2D eigenvalue weighted by Crippen LogP contribution is 2.41. The number of amides is 4. The zero-order valence-electron chi connectivity index (χ0n) is 39.6. The highest BCUT2D eigenvalue weighted by molar-refractivity contribution is 5.99. The van der Waals surface area contributed by atoms with Crippen LogP contribution in [0.3, 0.4) is 0 Å². The van der Waals surface area contributed by atoms with Gasteiger partial charge >= 0.3 is 5.97 Å². The van der Waals surface area contributed by atoms with E-state index in [4.69, 9.17) is 4.74 Å². The van der Waals surface area contributed by atoms with E-state index < -0.39 is 71.1 Å². The van der Waals surface area contributed by atoms with Gasteiger partial charge in [0.05, 0.1) is 24.9 Å². The predicted octanol–water partition coefficient (Wildman–Crippen LogP) is 4.18. The number of aromatic nitrogens is 2. The number of likely N-dealkylation sites (N-methyl/N-ethyl adjacent to an activating group) is 2. The Hall–Kier alpha value is -6.13. The van der Waals surface area contributed by atoms with Crippen LogP contribution >= 0.6 is 0 Å². The minimum absolute atomic E-state index is 0.0235. The number of ketones is 1. The van der Waals surface area contributed by atoms with E-state index in [0.717, 1.165) is 45.3 Å². The Balaban J connectivity index is 1.27. The van der Waals surface area contributed by atoms with Crippen molar-refractivity contribution in [3.8, 4) is 28.1 Å². The third-order valence-corrected chi connectivity index (χ3v) is 13.1. The van der Waals surface area contributed by atoms with Crippen molar-refractivity contribution in [2.75, 3.05) is 33.8 Å². The van der Waals surface area contributed by atoms with E-state index in [-0.39, 0.29) is 37.6 Å². The third-order valence-electron chi connectivity index (χ3n) is 13.1. The molecule has 4 amide bonds. The molecular formula is C50H64N8O8. The first-order valence-corrected chi connectivity index (χ1v) is 23.1. The second-order valence-corrected chi connectivity index (χ2v) is 19.2. The molecule has 0 aliphatic carbocycles. The van der Waals surface area contributed by atoms with Gasteiger partial charge in [0.15, 0.2) is 0 Å². The molecule has 5 atom stereocenters. The fourth-order valence-electron chi connectivity index (χ4n) is 9.63. The number of benzene rings is 2. The molecule has 16 nitrogen and oxygen atoms in total. The molecule has 2 saturated heterocycles. The van der Waals surface area contributed by atoms with E-state index in [2.05, 4.69) is 71.5 Å². The van der Waals surface area contributed by atoms with E-state index in [1.165, 1.54) is 35.8 Å². The number of nitrogens with zero attached hydrogens (tertiary/aromatic N) is 5. The molecule has 66 heavy (non-hydrogen) atoms. The first-order chi connectivity index (χ1) is 31.3. The number of pyridine rings is 1. The van der Waals surface area contributed by atoms with Crippen LogP contribution in [-0.4, -0.2) is 129 Å². The lowest BCUT2D eigenvalue weighted by atomic mass is 9.84. The van der Waals surface area contributed by atoms with Crippen LogP contribution in [0.15, 0.2) is 54.9 Å². The number of aryl methyl sites for hydroxylation is 2. The number of aromatic hydroxyl groups is 1. The van der Waals surface area contributed by atoms with Crippen molar-refractivity contribution in [2.45, 2.75) is 117 Å². The Morgan fingerprint density at radius 3 is 2.47 bits per heavy atom. The van der Waals surface area contributed by atoms with Crippen molar-refractivity contribution < 1.29 is 38.6 Å². The van der Waals surface area contributed by atoms with Gasteiger partial charge in [-0.1, -0.05) is 46.8 Å². The number of ether oxygens (including phenoxy) is 1. The standard InChI is InChI=1S/C50H64N8O8/c1-10-31-16-17-51-25-37(31)45-36-24-50(6,7)27-66-49(65)38-13-12-18-58(54-38)47(63)39(21-30-19-33(22-34(60)20-30)32-14-15-40(35(36)23-32)57(45)11-2)52-46(62)44(28(3)4)56(9)41(61)26-55(8)48(64)43-42(53-43)29(5)59/h14-17,19-20,22-23,25,28,38-39,42-44,53-54,60H,10-13,18,21,24,26-27H2,1-9H3,(H,52,62)/t38-,39-,42+,43+,44-/m0/s1. The van der Waals surface area contributed by atoms with Gasteiger partial charge in [-0.25, -0.2) is 5.43 Å². The summed E-state index contributed by atoms with van der Waals surface area (Å²) in [4.78, 5) is 88.5. The van der Waals surface area contributed by atoms with Crippen LogP contribution in [0.1, 0.15) is 78.0 Å². The number of hydrazine groups is 1. The van der Waals surface area contributed by atoms with E-state index in [0.29, 0.717) is 36.9 Å². The molecule has 0 unspecified atom stereocenters. The maximum Gasteiger partial charge on any atom is 0.324 e. The molecule has 4 N–H and O–H groups in total. The van der Waals surface area contributed by atoms with Crippen molar-refractivity contribution in [3.63, 3.8) is 0 Å². The van der Waals surface area contributed by atoms with Crippen LogP contribution in [0.25, 0.3) is 33.3 Å².